The molecular weight excluding hydrogens is 225 g/mol. The van der Waals surface area contributed by atoms with E-state index < -0.39 is 5.82 Å². The fourth-order valence-electron chi connectivity index (χ4n) is 1.90. The molecule has 17 heavy (non-hydrogen) atoms. The zero-order chi connectivity index (χ0) is 12.3. The van der Waals surface area contributed by atoms with Crippen molar-refractivity contribution in [3.63, 3.8) is 0 Å². The van der Waals surface area contributed by atoms with Gasteiger partial charge in [-0.2, -0.15) is 0 Å². The first-order valence-corrected chi connectivity index (χ1v) is 5.50. The maximum Gasteiger partial charge on any atom is 0.165 e. The summed E-state index contributed by atoms with van der Waals surface area (Å²) < 4.78 is 29.4. The van der Waals surface area contributed by atoms with E-state index in [4.69, 9.17) is 14.2 Å². The minimum atomic E-state index is -0.405. The van der Waals surface area contributed by atoms with E-state index in [9.17, 15) is 4.39 Å². The van der Waals surface area contributed by atoms with Crippen LogP contribution in [0.1, 0.15) is 11.7 Å². The van der Waals surface area contributed by atoms with E-state index in [0.29, 0.717) is 24.5 Å². The van der Waals surface area contributed by atoms with E-state index in [1.807, 2.05) is 0 Å². The SMILES string of the molecule is COc1cc(OC)c(C2CNCCO2)cc1F. The highest BCUT2D eigenvalue weighted by Gasteiger charge is 2.22. The van der Waals surface area contributed by atoms with Crippen molar-refractivity contribution < 1.29 is 18.6 Å². The van der Waals surface area contributed by atoms with Crippen LogP contribution in [0.25, 0.3) is 0 Å². The summed E-state index contributed by atoms with van der Waals surface area (Å²) in [5, 5.41) is 3.20. The summed E-state index contributed by atoms with van der Waals surface area (Å²) in [6, 6.07) is 2.96. The number of nitrogens with one attached hydrogen (secondary N) is 1. The lowest BCUT2D eigenvalue weighted by Gasteiger charge is -2.25. The Morgan fingerprint density at radius 3 is 2.65 bits per heavy atom. The third-order valence-electron chi connectivity index (χ3n) is 2.78. The molecule has 4 nitrogen and oxygen atoms in total. The Morgan fingerprint density at radius 1 is 1.29 bits per heavy atom. The minimum absolute atomic E-state index is 0.175. The van der Waals surface area contributed by atoms with Crippen LogP contribution in [0.3, 0.4) is 0 Å². The number of hydrogen-bond donors (Lipinski definition) is 1. The number of rotatable bonds is 3. The van der Waals surface area contributed by atoms with Gasteiger partial charge in [0.25, 0.3) is 0 Å². The Morgan fingerprint density at radius 2 is 2.06 bits per heavy atom. The van der Waals surface area contributed by atoms with Gasteiger partial charge in [0.05, 0.1) is 26.9 Å². The number of halogens is 1. The maximum absolute atomic E-state index is 13.7. The third kappa shape index (κ3) is 2.50. The Hall–Kier alpha value is -1.33. The molecule has 0 aromatic heterocycles. The smallest absolute Gasteiger partial charge is 0.165 e. The number of ether oxygens (including phenoxy) is 3. The van der Waals surface area contributed by atoms with Crippen LogP contribution in [-0.2, 0) is 4.74 Å². The Labute approximate surface area is 99.7 Å². The second-order valence-electron chi connectivity index (χ2n) is 3.79. The first kappa shape index (κ1) is 12.1. The molecule has 5 heteroatoms. The molecule has 0 aliphatic carbocycles. The van der Waals surface area contributed by atoms with Gasteiger partial charge in [-0.05, 0) is 6.07 Å². The molecule has 0 radical (unpaired) electrons. The quantitative estimate of drug-likeness (QED) is 0.870. The second kappa shape index (κ2) is 5.33. The molecule has 1 atom stereocenters. The van der Waals surface area contributed by atoms with Gasteiger partial charge in [-0.25, -0.2) is 4.39 Å². The van der Waals surface area contributed by atoms with Crippen LogP contribution in [0, 0.1) is 5.82 Å². The number of benzene rings is 1. The van der Waals surface area contributed by atoms with Crippen molar-refractivity contribution in [2.75, 3.05) is 33.9 Å². The van der Waals surface area contributed by atoms with Crippen LogP contribution in [0.5, 0.6) is 11.5 Å². The van der Waals surface area contributed by atoms with Gasteiger partial charge in [-0.3, -0.25) is 0 Å². The normalized spacial score (nSPS) is 20.1. The number of hydrogen-bond acceptors (Lipinski definition) is 4. The van der Waals surface area contributed by atoms with Crippen LogP contribution in [0.15, 0.2) is 12.1 Å². The standard InChI is InChI=1S/C12H16FNO3/c1-15-10-6-11(16-2)9(13)5-8(10)12-7-14-3-4-17-12/h5-6,12,14H,3-4,7H2,1-2H3. The molecule has 1 aromatic carbocycles. The van der Waals surface area contributed by atoms with Crippen molar-refractivity contribution in [1.29, 1.82) is 0 Å². The third-order valence-corrected chi connectivity index (χ3v) is 2.78. The maximum atomic E-state index is 13.7. The summed E-state index contributed by atoms with van der Waals surface area (Å²) >= 11 is 0. The molecule has 2 rings (SSSR count). The van der Waals surface area contributed by atoms with Crippen molar-refractivity contribution >= 4 is 0 Å². The second-order valence-corrected chi connectivity index (χ2v) is 3.79. The van der Waals surface area contributed by atoms with Gasteiger partial charge in [-0.15, -0.1) is 0 Å². The molecule has 0 saturated carbocycles. The molecular formula is C12H16FNO3. The van der Waals surface area contributed by atoms with E-state index in [1.54, 1.807) is 13.2 Å². The summed E-state index contributed by atoms with van der Waals surface area (Å²) in [6.45, 7) is 2.08. The van der Waals surface area contributed by atoms with Crippen molar-refractivity contribution in [3.05, 3.63) is 23.5 Å². The van der Waals surface area contributed by atoms with Gasteiger partial charge in [-0.1, -0.05) is 0 Å². The molecule has 1 saturated heterocycles. The highest BCUT2D eigenvalue weighted by atomic mass is 19.1. The van der Waals surface area contributed by atoms with Crippen LogP contribution < -0.4 is 14.8 Å². The van der Waals surface area contributed by atoms with E-state index in [-0.39, 0.29) is 11.9 Å². The summed E-state index contributed by atoms with van der Waals surface area (Å²) in [7, 11) is 2.97. The summed E-state index contributed by atoms with van der Waals surface area (Å²) in [5.41, 5.74) is 0.706. The fraction of sp³-hybridized carbons (Fsp3) is 0.500. The minimum Gasteiger partial charge on any atom is -0.496 e. The average Bonchev–Trinajstić information content (AvgIpc) is 2.39. The molecule has 1 fully saturated rings. The molecule has 1 aliphatic heterocycles. The molecule has 1 aromatic rings. The van der Waals surface area contributed by atoms with Gasteiger partial charge in [0.2, 0.25) is 0 Å². The summed E-state index contributed by atoms with van der Waals surface area (Å²) in [6.07, 6.45) is -0.181. The molecule has 0 bridgehead atoms. The largest absolute Gasteiger partial charge is 0.496 e. The lowest BCUT2D eigenvalue weighted by atomic mass is 10.1. The number of morpholine rings is 1. The molecule has 0 spiro atoms. The van der Waals surface area contributed by atoms with Crippen molar-refractivity contribution in [2.24, 2.45) is 0 Å². The predicted molar refractivity (Wildman–Crippen MR) is 61.1 cm³/mol. The summed E-state index contributed by atoms with van der Waals surface area (Å²) in [4.78, 5) is 0. The van der Waals surface area contributed by atoms with Crippen LogP contribution >= 0.6 is 0 Å². The first-order valence-electron chi connectivity index (χ1n) is 5.50. The Balaban J connectivity index is 2.34. The zero-order valence-corrected chi connectivity index (χ0v) is 9.96. The van der Waals surface area contributed by atoms with E-state index in [2.05, 4.69) is 5.32 Å². The van der Waals surface area contributed by atoms with E-state index in [0.717, 1.165) is 6.54 Å². The molecule has 1 heterocycles. The summed E-state index contributed by atoms with van der Waals surface area (Å²) in [5.74, 6) is 0.351. The van der Waals surface area contributed by atoms with Gasteiger partial charge in [0.1, 0.15) is 5.75 Å². The van der Waals surface area contributed by atoms with Crippen LogP contribution in [-0.4, -0.2) is 33.9 Å². The molecule has 94 valence electrons. The van der Waals surface area contributed by atoms with Gasteiger partial charge in [0.15, 0.2) is 11.6 Å². The Bertz CT molecular complexity index is 392. The van der Waals surface area contributed by atoms with E-state index >= 15 is 0 Å². The van der Waals surface area contributed by atoms with Crippen molar-refractivity contribution in [1.82, 2.24) is 5.32 Å². The van der Waals surface area contributed by atoms with Crippen LogP contribution in [0.4, 0.5) is 4.39 Å². The predicted octanol–water partition coefficient (Wildman–Crippen LogP) is 1.50. The first-order chi connectivity index (χ1) is 8.26. The van der Waals surface area contributed by atoms with Gasteiger partial charge >= 0.3 is 0 Å². The van der Waals surface area contributed by atoms with Gasteiger partial charge < -0.3 is 19.5 Å². The topological polar surface area (TPSA) is 39.7 Å². The lowest BCUT2D eigenvalue weighted by Crippen LogP contribution is -2.33. The molecule has 1 unspecified atom stereocenters. The van der Waals surface area contributed by atoms with Crippen molar-refractivity contribution in [2.45, 2.75) is 6.10 Å². The Kier molecular flexibility index (Phi) is 3.81. The van der Waals surface area contributed by atoms with Crippen LogP contribution in [0.2, 0.25) is 0 Å². The van der Waals surface area contributed by atoms with E-state index in [1.165, 1.54) is 13.2 Å². The molecule has 0 amide bonds. The molecule has 1 N–H and O–H groups in total. The highest BCUT2D eigenvalue weighted by molar-refractivity contribution is 5.43. The zero-order valence-electron chi connectivity index (χ0n) is 9.96. The number of methoxy groups -OCH3 is 2. The monoisotopic (exact) mass is 241 g/mol. The fourth-order valence-corrected chi connectivity index (χ4v) is 1.90. The van der Waals surface area contributed by atoms with Crippen molar-refractivity contribution in [3.8, 4) is 11.5 Å². The lowest BCUT2D eigenvalue weighted by molar-refractivity contribution is 0.0260. The van der Waals surface area contributed by atoms with Gasteiger partial charge in [0, 0.05) is 24.7 Å². The molecule has 1 aliphatic rings. The average molecular weight is 241 g/mol. The highest BCUT2D eigenvalue weighted by Crippen LogP contribution is 2.33.